The average molecular weight is 294 g/mol. The molecular formula is C14H18N2O3S. The molecule has 0 saturated heterocycles. The van der Waals surface area contributed by atoms with Crippen LogP contribution >= 0.6 is 11.8 Å². The van der Waals surface area contributed by atoms with E-state index in [1.807, 2.05) is 18.4 Å². The lowest BCUT2D eigenvalue weighted by atomic mass is 10.1. The zero-order chi connectivity index (χ0) is 14.7. The second kappa shape index (κ2) is 6.28. The van der Waals surface area contributed by atoms with Gasteiger partial charge in [-0.25, -0.2) is 4.79 Å². The summed E-state index contributed by atoms with van der Waals surface area (Å²) in [5, 5.41) is 9.32. The fraction of sp³-hybridized carbons (Fsp3) is 0.429. The summed E-state index contributed by atoms with van der Waals surface area (Å²) < 4.78 is 0. The molecule has 1 aromatic rings. The van der Waals surface area contributed by atoms with Crippen molar-refractivity contribution in [3.63, 3.8) is 0 Å². The second-order valence-corrected chi connectivity index (χ2v) is 5.77. The number of carbonyl (C=O) groups is 2. The van der Waals surface area contributed by atoms with E-state index >= 15 is 0 Å². The minimum Gasteiger partial charge on any atom is -0.480 e. The molecule has 0 fully saturated rings. The van der Waals surface area contributed by atoms with E-state index in [9.17, 15) is 14.7 Å². The molecule has 1 amide bonds. The number of rotatable bonds is 5. The summed E-state index contributed by atoms with van der Waals surface area (Å²) >= 11 is 1.62. The van der Waals surface area contributed by atoms with E-state index in [0.29, 0.717) is 18.5 Å². The number of anilines is 1. The standard InChI is InChI=1S/C14H18N2O3S/c1-20-7-6-10(15)13(17)16-11-5-3-2-4-9(11)8-12(16)14(18)19/h2-5,10,12H,6-8,15H2,1H3,(H,18,19)/t10-,12?/m1/s1. The molecule has 108 valence electrons. The van der Waals surface area contributed by atoms with Crippen LogP contribution in [0.2, 0.25) is 0 Å². The number of nitrogens with two attached hydrogens (primary N) is 1. The van der Waals surface area contributed by atoms with Crippen LogP contribution in [-0.4, -0.2) is 41.1 Å². The third-order valence-corrected chi connectivity index (χ3v) is 4.09. The largest absolute Gasteiger partial charge is 0.480 e. The van der Waals surface area contributed by atoms with Crippen LogP contribution in [0.25, 0.3) is 0 Å². The van der Waals surface area contributed by atoms with Crippen LogP contribution in [-0.2, 0) is 16.0 Å². The summed E-state index contributed by atoms with van der Waals surface area (Å²) in [5.74, 6) is -0.525. The highest BCUT2D eigenvalue weighted by Gasteiger charge is 2.39. The van der Waals surface area contributed by atoms with Gasteiger partial charge in [-0.2, -0.15) is 11.8 Å². The number of carboxylic acids is 1. The van der Waals surface area contributed by atoms with E-state index in [1.165, 1.54) is 4.90 Å². The van der Waals surface area contributed by atoms with Crippen LogP contribution in [0.3, 0.4) is 0 Å². The van der Waals surface area contributed by atoms with Gasteiger partial charge in [0, 0.05) is 12.1 Å². The van der Waals surface area contributed by atoms with E-state index in [4.69, 9.17) is 5.73 Å². The van der Waals surface area contributed by atoms with E-state index in [0.717, 1.165) is 11.3 Å². The highest BCUT2D eigenvalue weighted by molar-refractivity contribution is 7.98. The van der Waals surface area contributed by atoms with Gasteiger partial charge in [0.25, 0.3) is 0 Å². The van der Waals surface area contributed by atoms with Gasteiger partial charge in [0.05, 0.1) is 6.04 Å². The first-order valence-corrected chi connectivity index (χ1v) is 7.84. The minimum atomic E-state index is -0.994. The molecule has 1 aromatic carbocycles. The maximum Gasteiger partial charge on any atom is 0.327 e. The third-order valence-electron chi connectivity index (χ3n) is 3.45. The molecule has 2 atom stereocenters. The average Bonchev–Trinajstić information content (AvgIpc) is 2.83. The van der Waals surface area contributed by atoms with Gasteiger partial charge in [-0.05, 0) is 30.1 Å². The van der Waals surface area contributed by atoms with Gasteiger partial charge in [-0.1, -0.05) is 18.2 Å². The Bertz CT molecular complexity index is 521. The second-order valence-electron chi connectivity index (χ2n) is 4.78. The van der Waals surface area contributed by atoms with Crippen molar-refractivity contribution >= 4 is 29.3 Å². The molecule has 0 saturated carbocycles. The quantitative estimate of drug-likeness (QED) is 0.850. The fourth-order valence-corrected chi connectivity index (χ4v) is 2.89. The van der Waals surface area contributed by atoms with Crippen molar-refractivity contribution in [1.82, 2.24) is 0 Å². The molecule has 0 aliphatic carbocycles. The number of aliphatic carboxylic acids is 1. The topological polar surface area (TPSA) is 83.6 Å². The third kappa shape index (κ3) is 2.81. The van der Waals surface area contributed by atoms with Gasteiger partial charge >= 0.3 is 5.97 Å². The monoisotopic (exact) mass is 294 g/mol. The lowest BCUT2D eigenvalue weighted by Crippen LogP contribution is -2.50. The highest BCUT2D eigenvalue weighted by Crippen LogP contribution is 2.32. The summed E-state index contributed by atoms with van der Waals surface area (Å²) in [6, 6.07) is 5.77. The van der Waals surface area contributed by atoms with Crippen molar-refractivity contribution in [2.75, 3.05) is 16.9 Å². The molecule has 20 heavy (non-hydrogen) atoms. The number of carbonyl (C=O) groups excluding carboxylic acids is 1. The van der Waals surface area contributed by atoms with Gasteiger partial charge in [-0.3, -0.25) is 9.69 Å². The van der Waals surface area contributed by atoms with E-state index < -0.39 is 18.1 Å². The van der Waals surface area contributed by atoms with Crippen molar-refractivity contribution in [3.8, 4) is 0 Å². The molecule has 6 heteroatoms. The number of para-hydroxylation sites is 1. The van der Waals surface area contributed by atoms with Crippen LogP contribution < -0.4 is 10.6 Å². The summed E-state index contributed by atoms with van der Waals surface area (Å²) in [6.07, 6.45) is 2.83. The molecular weight excluding hydrogens is 276 g/mol. The van der Waals surface area contributed by atoms with Crippen LogP contribution in [0, 0.1) is 0 Å². The summed E-state index contributed by atoms with van der Waals surface area (Å²) in [5.41, 5.74) is 7.46. The number of hydrogen-bond acceptors (Lipinski definition) is 4. The van der Waals surface area contributed by atoms with Crippen molar-refractivity contribution in [2.24, 2.45) is 5.73 Å². The summed E-state index contributed by atoms with van der Waals surface area (Å²) in [7, 11) is 0. The Morgan fingerprint density at radius 3 is 2.85 bits per heavy atom. The van der Waals surface area contributed by atoms with Gasteiger partial charge in [0.2, 0.25) is 5.91 Å². The van der Waals surface area contributed by atoms with Crippen LogP contribution in [0.4, 0.5) is 5.69 Å². The molecule has 2 rings (SSSR count). The number of nitrogens with zero attached hydrogens (tertiary/aromatic N) is 1. The van der Waals surface area contributed by atoms with Gasteiger partial charge < -0.3 is 10.8 Å². The molecule has 1 heterocycles. The molecule has 0 spiro atoms. The molecule has 1 aliphatic heterocycles. The smallest absolute Gasteiger partial charge is 0.327 e. The van der Waals surface area contributed by atoms with Crippen molar-refractivity contribution in [1.29, 1.82) is 0 Å². The molecule has 0 aromatic heterocycles. The van der Waals surface area contributed by atoms with Gasteiger partial charge in [0.1, 0.15) is 6.04 Å². The summed E-state index contributed by atoms with van der Waals surface area (Å²) in [4.78, 5) is 25.2. The lowest BCUT2D eigenvalue weighted by molar-refractivity contribution is -0.140. The first kappa shape index (κ1) is 14.9. The Labute approximate surface area is 122 Å². The van der Waals surface area contributed by atoms with E-state index in [2.05, 4.69) is 0 Å². The Kier molecular flexibility index (Phi) is 4.67. The Hall–Kier alpha value is -1.53. The number of amides is 1. The zero-order valence-corrected chi connectivity index (χ0v) is 12.1. The molecule has 0 radical (unpaired) electrons. The molecule has 0 bridgehead atoms. The fourth-order valence-electron chi connectivity index (χ4n) is 2.40. The maximum absolute atomic E-state index is 12.5. The number of thioether (sulfide) groups is 1. The minimum absolute atomic E-state index is 0.309. The molecule has 1 aliphatic rings. The predicted octanol–water partition coefficient (Wildman–Crippen LogP) is 1.11. The van der Waals surface area contributed by atoms with Crippen LogP contribution in [0.15, 0.2) is 24.3 Å². The van der Waals surface area contributed by atoms with Crippen molar-refractivity contribution in [3.05, 3.63) is 29.8 Å². The number of carboxylic acid groups (broad SMARTS) is 1. The number of benzene rings is 1. The molecule has 5 nitrogen and oxygen atoms in total. The Balaban J connectivity index is 2.26. The zero-order valence-electron chi connectivity index (χ0n) is 11.3. The number of fused-ring (bicyclic) bond motifs is 1. The first-order valence-electron chi connectivity index (χ1n) is 6.44. The van der Waals surface area contributed by atoms with Crippen LogP contribution in [0.5, 0.6) is 0 Å². The number of hydrogen-bond donors (Lipinski definition) is 2. The maximum atomic E-state index is 12.5. The summed E-state index contributed by atoms with van der Waals surface area (Å²) in [6.45, 7) is 0. The van der Waals surface area contributed by atoms with E-state index in [1.54, 1.807) is 23.9 Å². The van der Waals surface area contributed by atoms with Crippen LogP contribution in [0.1, 0.15) is 12.0 Å². The van der Waals surface area contributed by atoms with Gasteiger partial charge in [-0.15, -0.1) is 0 Å². The first-order chi connectivity index (χ1) is 9.56. The van der Waals surface area contributed by atoms with E-state index in [-0.39, 0.29) is 5.91 Å². The normalized spacial score (nSPS) is 18.7. The molecule has 3 N–H and O–H groups in total. The Morgan fingerprint density at radius 1 is 1.50 bits per heavy atom. The SMILES string of the molecule is CSCC[C@@H](N)C(=O)N1c2ccccc2CC1C(=O)O. The highest BCUT2D eigenvalue weighted by atomic mass is 32.2. The van der Waals surface area contributed by atoms with Crippen molar-refractivity contribution in [2.45, 2.75) is 24.9 Å². The van der Waals surface area contributed by atoms with Crippen molar-refractivity contribution < 1.29 is 14.7 Å². The molecule has 1 unspecified atom stereocenters. The predicted molar refractivity (Wildman–Crippen MR) is 80.0 cm³/mol. The lowest BCUT2D eigenvalue weighted by Gasteiger charge is -2.25. The van der Waals surface area contributed by atoms with Gasteiger partial charge in [0.15, 0.2) is 0 Å². The Morgan fingerprint density at radius 2 is 2.20 bits per heavy atom.